The van der Waals surface area contributed by atoms with Crippen LogP contribution in [0.4, 0.5) is 4.39 Å². The first-order chi connectivity index (χ1) is 14.5. The molecule has 0 aliphatic carbocycles. The molecule has 1 aliphatic rings. The maximum absolute atomic E-state index is 14.5. The molecule has 1 aliphatic heterocycles. The van der Waals surface area contributed by atoms with Gasteiger partial charge >= 0.3 is 0 Å². The minimum atomic E-state index is -0.616. The number of likely N-dealkylation sites (tertiary alicyclic amines) is 1. The van der Waals surface area contributed by atoms with E-state index < -0.39 is 11.7 Å². The van der Waals surface area contributed by atoms with Crippen LogP contribution >= 0.6 is 0 Å². The summed E-state index contributed by atoms with van der Waals surface area (Å²) in [7, 11) is 0. The molecule has 152 valence electrons. The third kappa shape index (κ3) is 3.59. The van der Waals surface area contributed by atoms with Crippen LogP contribution < -0.4 is 11.3 Å². The molecule has 30 heavy (non-hydrogen) atoms. The number of carbonyl (C=O) groups excluding carboxylic acids is 1. The van der Waals surface area contributed by atoms with Crippen LogP contribution in [0.3, 0.4) is 0 Å². The highest BCUT2D eigenvalue weighted by atomic mass is 19.1. The van der Waals surface area contributed by atoms with Gasteiger partial charge in [0.1, 0.15) is 5.82 Å². The number of nitrogens with one attached hydrogen (secondary N) is 2. The normalized spacial score (nSPS) is 15.7. The number of fused-ring (bicyclic) bond motifs is 1. The van der Waals surface area contributed by atoms with E-state index in [4.69, 9.17) is 11.1 Å². The van der Waals surface area contributed by atoms with Crippen LogP contribution in [0.5, 0.6) is 0 Å². The molecule has 1 amide bonds. The predicted molar refractivity (Wildman–Crippen MR) is 112 cm³/mol. The number of hydrogen-bond donors (Lipinski definition) is 3. The Morgan fingerprint density at radius 1 is 1.27 bits per heavy atom. The van der Waals surface area contributed by atoms with E-state index in [0.717, 1.165) is 0 Å². The summed E-state index contributed by atoms with van der Waals surface area (Å²) in [5.41, 5.74) is 7.46. The van der Waals surface area contributed by atoms with Crippen molar-refractivity contribution in [2.75, 3.05) is 13.1 Å². The zero-order valence-corrected chi connectivity index (χ0v) is 16.1. The first-order valence-corrected chi connectivity index (χ1v) is 9.50. The molecule has 1 aromatic heterocycles. The molecule has 4 rings (SSSR count). The second-order valence-electron chi connectivity index (χ2n) is 7.18. The molecule has 7 nitrogen and oxygen atoms in total. The molecular weight excluding hydrogens is 385 g/mol. The second kappa shape index (κ2) is 7.90. The van der Waals surface area contributed by atoms with Crippen molar-refractivity contribution < 1.29 is 9.18 Å². The van der Waals surface area contributed by atoms with E-state index in [0.29, 0.717) is 47.0 Å². The average molecular weight is 405 g/mol. The highest BCUT2D eigenvalue weighted by Gasteiger charge is 2.25. The van der Waals surface area contributed by atoms with Gasteiger partial charge in [-0.3, -0.25) is 9.59 Å². The van der Waals surface area contributed by atoms with Crippen LogP contribution in [-0.2, 0) is 6.42 Å². The number of amides is 1. The van der Waals surface area contributed by atoms with Gasteiger partial charge < -0.3 is 16.0 Å². The Bertz CT molecular complexity index is 1250. The molecule has 3 aromatic rings. The van der Waals surface area contributed by atoms with E-state index in [-0.39, 0.29) is 23.4 Å². The zero-order valence-electron chi connectivity index (χ0n) is 16.1. The van der Waals surface area contributed by atoms with Gasteiger partial charge in [0.2, 0.25) is 0 Å². The molecule has 0 radical (unpaired) electrons. The van der Waals surface area contributed by atoms with E-state index in [1.54, 1.807) is 18.2 Å². The van der Waals surface area contributed by atoms with Gasteiger partial charge in [-0.25, -0.2) is 9.49 Å². The fourth-order valence-corrected chi connectivity index (χ4v) is 3.65. The van der Waals surface area contributed by atoms with Crippen LogP contribution in [-0.4, -0.2) is 39.8 Å². The van der Waals surface area contributed by atoms with Crippen LogP contribution in [0, 0.1) is 11.2 Å². The zero-order chi connectivity index (χ0) is 21.3. The molecular formula is C22H20FN5O2. The Hall–Kier alpha value is -3.81. The Labute approximate surface area is 171 Å². The van der Waals surface area contributed by atoms with Gasteiger partial charge in [-0.05, 0) is 42.0 Å². The molecule has 8 heteroatoms. The van der Waals surface area contributed by atoms with Gasteiger partial charge in [0, 0.05) is 18.4 Å². The standard InChI is InChI=1S/C22H20FN5O2/c23-18-6-5-13(10-20-15-3-1-2-4-16(15)21(29)27-26-20)9-17(18)22(30)28-8-7-14(11-24)19(25)12-28/h1-6,9,11,25H,7-8,10,12,24H2,(H,27,29)/b14-11-,25-19?. The van der Waals surface area contributed by atoms with E-state index >= 15 is 0 Å². The molecule has 2 aromatic carbocycles. The largest absolute Gasteiger partial charge is 0.404 e. The number of nitrogens with zero attached hydrogens (tertiary/aromatic N) is 2. The van der Waals surface area contributed by atoms with Gasteiger partial charge in [0.05, 0.1) is 28.9 Å². The first kappa shape index (κ1) is 19.5. The molecule has 1 saturated heterocycles. The SMILES string of the molecule is N=C1CN(C(=O)c2cc(Cc3n[nH]c(=O)c4ccccc34)ccc2F)CC/C1=C/N. The molecule has 4 N–H and O–H groups in total. The third-order valence-corrected chi connectivity index (χ3v) is 5.28. The lowest BCUT2D eigenvalue weighted by Crippen LogP contribution is -2.41. The summed E-state index contributed by atoms with van der Waals surface area (Å²) in [4.78, 5) is 26.3. The second-order valence-corrected chi connectivity index (χ2v) is 7.18. The number of rotatable bonds is 3. The maximum atomic E-state index is 14.5. The molecule has 1 fully saturated rings. The van der Waals surface area contributed by atoms with Gasteiger partial charge in [-0.2, -0.15) is 5.10 Å². The number of aromatic nitrogens is 2. The lowest BCUT2D eigenvalue weighted by molar-refractivity contribution is 0.0771. The lowest BCUT2D eigenvalue weighted by atomic mass is 10.00. The number of carbonyl (C=O) groups is 1. The number of hydrogen-bond acceptors (Lipinski definition) is 5. The van der Waals surface area contributed by atoms with Crippen molar-refractivity contribution in [2.45, 2.75) is 12.8 Å². The summed E-state index contributed by atoms with van der Waals surface area (Å²) in [5, 5.41) is 15.9. The Kier molecular flexibility index (Phi) is 5.14. The summed E-state index contributed by atoms with van der Waals surface area (Å²) >= 11 is 0. The van der Waals surface area contributed by atoms with Crippen LogP contribution in [0.25, 0.3) is 10.8 Å². The third-order valence-electron chi connectivity index (χ3n) is 5.28. The summed E-state index contributed by atoms with van der Waals surface area (Å²) < 4.78 is 14.5. The number of piperidine rings is 1. The number of nitrogens with two attached hydrogens (primary N) is 1. The first-order valence-electron chi connectivity index (χ1n) is 9.50. The maximum Gasteiger partial charge on any atom is 0.272 e. The highest BCUT2D eigenvalue weighted by Crippen LogP contribution is 2.21. The summed E-state index contributed by atoms with van der Waals surface area (Å²) in [6.07, 6.45) is 2.18. The fourth-order valence-electron chi connectivity index (χ4n) is 3.65. The lowest BCUT2D eigenvalue weighted by Gasteiger charge is -2.29. The van der Waals surface area contributed by atoms with Crippen molar-refractivity contribution >= 4 is 22.4 Å². The quantitative estimate of drug-likeness (QED) is 0.620. The van der Waals surface area contributed by atoms with Gasteiger partial charge in [-0.1, -0.05) is 24.3 Å². The van der Waals surface area contributed by atoms with E-state index in [1.165, 1.54) is 23.2 Å². The summed E-state index contributed by atoms with van der Waals surface area (Å²) in [5.74, 6) is -1.08. The number of aromatic amines is 1. The van der Waals surface area contributed by atoms with Gasteiger partial charge in [0.25, 0.3) is 11.5 Å². The van der Waals surface area contributed by atoms with E-state index in [1.807, 2.05) is 12.1 Å². The number of H-pyrrole nitrogens is 1. The van der Waals surface area contributed by atoms with E-state index in [9.17, 15) is 14.0 Å². The minimum absolute atomic E-state index is 0.0470. The fraction of sp³-hybridized carbons (Fsp3) is 0.182. The Balaban J connectivity index is 1.63. The van der Waals surface area contributed by atoms with Crippen molar-refractivity contribution in [3.05, 3.63) is 87.2 Å². The van der Waals surface area contributed by atoms with Gasteiger partial charge in [0.15, 0.2) is 0 Å². The summed E-state index contributed by atoms with van der Waals surface area (Å²) in [6, 6.07) is 11.5. The van der Waals surface area contributed by atoms with Crippen LogP contribution in [0.1, 0.15) is 28.0 Å². The number of halogens is 1. The molecule has 2 heterocycles. The number of benzene rings is 2. The Morgan fingerprint density at radius 2 is 2.03 bits per heavy atom. The van der Waals surface area contributed by atoms with Crippen LogP contribution in [0.2, 0.25) is 0 Å². The highest BCUT2D eigenvalue weighted by molar-refractivity contribution is 6.04. The molecule has 0 spiro atoms. The van der Waals surface area contributed by atoms with Crippen LogP contribution in [0.15, 0.2) is 59.0 Å². The molecule has 0 unspecified atom stereocenters. The monoisotopic (exact) mass is 405 g/mol. The van der Waals surface area contributed by atoms with Gasteiger partial charge in [-0.15, -0.1) is 0 Å². The topological polar surface area (TPSA) is 116 Å². The van der Waals surface area contributed by atoms with Crippen molar-refractivity contribution in [3.63, 3.8) is 0 Å². The predicted octanol–water partition coefficient (Wildman–Crippen LogP) is 2.36. The minimum Gasteiger partial charge on any atom is -0.404 e. The van der Waals surface area contributed by atoms with Crippen molar-refractivity contribution in [2.24, 2.45) is 5.73 Å². The molecule has 0 atom stereocenters. The van der Waals surface area contributed by atoms with E-state index in [2.05, 4.69) is 10.2 Å². The van der Waals surface area contributed by atoms with Crippen molar-refractivity contribution in [1.29, 1.82) is 5.41 Å². The molecule has 0 saturated carbocycles. The Morgan fingerprint density at radius 3 is 2.77 bits per heavy atom. The average Bonchev–Trinajstić information content (AvgIpc) is 2.76. The van der Waals surface area contributed by atoms with Crippen molar-refractivity contribution in [3.8, 4) is 0 Å². The smallest absolute Gasteiger partial charge is 0.272 e. The summed E-state index contributed by atoms with van der Waals surface area (Å²) in [6.45, 7) is 0.470. The van der Waals surface area contributed by atoms with Crippen molar-refractivity contribution in [1.82, 2.24) is 15.1 Å². The molecule has 0 bridgehead atoms.